The van der Waals surface area contributed by atoms with Gasteiger partial charge >= 0.3 is 0 Å². The second-order valence-corrected chi connectivity index (χ2v) is 6.78. The average Bonchev–Trinajstić information content (AvgIpc) is 3.23. The van der Waals surface area contributed by atoms with Crippen molar-refractivity contribution in [3.8, 4) is 5.75 Å². The maximum atomic E-state index is 12.8. The van der Waals surface area contributed by atoms with Gasteiger partial charge in [-0.25, -0.2) is 4.98 Å². The van der Waals surface area contributed by atoms with Gasteiger partial charge in [-0.15, -0.1) is 0 Å². The Balaban J connectivity index is 1.90. The number of aryl methyl sites for hydroxylation is 1. The molecule has 0 fully saturated rings. The lowest BCUT2D eigenvalue weighted by atomic mass is 10.1. The van der Waals surface area contributed by atoms with Gasteiger partial charge in [0.05, 0.1) is 20.0 Å². The quantitative estimate of drug-likeness (QED) is 0.636. The van der Waals surface area contributed by atoms with Gasteiger partial charge in [0.15, 0.2) is 5.43 Å². The molecule has 2 heterocycles. The summed E-state index contributed by atoms with van der Waals surface area (Å²) in [6.45, 7) is 5.37. The molecule has 3 aromatic rings. The van der Waals surface area contributed by atoms with Crippen LogP contribution in [0.5, 0.6) is 5.75 Å². The van der Waals surface area contributed by atoms with Gasteiger partial charge in [0.25, 0.3) is 5.91 Å². The predicted octanol–water partition coefficient (Wildman–Crippen LogP) is 2.40. The van der Waals surface area contributed by atoms with Crippen LogP contribution in [-0.4, -0.2) is 33.7 Å². The minimum atomic E-state index is -0.347. The van der Waals surface area contributed by atoms with E-state index in [4.69, 9.17) is 4.74 Å². The van der Waals surface area contributed by atoms with Crippen LogP contribution >= 0.6 is 0 Å². The first-order chi connectivity index (χ1) is 14.0. The molecule has 0 saturated heterocycles. The van der Waals surface area contributed by atoms with E-state index in [1.54, 1.807) is 19.6 Å². The largest absolute Gasteiger partial charge is 0.496 e. The van der Waals surface area contributed by atoms with Crippen molar-refractivity contribution in [2.75, 3.05) is 13.7 Å². The molecule has 29 heavy (non-hydrogen) atoms. The Bertz CT molecular complexity index is 1040. The Hall–Kier alpha value is -3.35. The zero-order valence-electron chi connectivity index (χ0n) is 17.0. The molecule has 152 valence electrons. The number of methoxy groups -OCH3 is 1. The molecule has 1 aromatic carbocycles. The summed E-state index contributed by atoms with van der Waals surface area (Å²) < 4.78 is 9.35. The highest BCUT2D eigenvalue weighted by Crippen LogP contribution is 2.21. The molecule has 0 aliphatic rings. The number of carbonyl (C=O) groups excluding carboxylic acids is 1. The van der Waals surface area contributed by atoms with Crippen LogP contribution in [0, 0.1) is 6.92 Å². The molecular formula is C22H26N4O3. The van der Waals surface area contributed by atoms with E-state index in [9.17, 15) is 9.59 Å². The lowest BCUT2D eigenvalue weighted by molar-refractivity contribution is 0.0949. The Kier molecular flexibility index (Phi) is 6.49. The number of benzene rings is 1. The lowest BCUT2D eigenvalue weighted by Crippen LogP contribution is -2.34. The molecule has 1 amide bonds. The summed E-state index contributed by atoms with van der Waals surface area (Å²) >= 11 is 0. The molecule has 0 bridgehead atoms. The summed E-state index contributed by atoms with van der Waals surface area (Å²) in [5.74, 6) is 0.430. The molecule has 0 unspecified atom stereocenters. The predicted molar refractivity (Wildman–Crippen MR) is 111 cm³/mol. The third-order valence-electron chi connectivity index (χ3n) is 4.92. The second-order valence-electron chi connectivity index (χ2n) is 6.78. The number of nitrogens with one attached hydrogen (secondary N) is 1. The number of amides is 1. The highest BCUT2D eigenvalue weighted by atomic mass is 16.5. The van der Waals surface area contributed by atoms with Gasteiger partial charge in [0, 0.05) is 48.5 Å². The number of pyridine rings is 1. The Morgan fingerprint density at radius 2 is 2.07 bits per heavy atom. The molecule has 0 spiro atoms. The van der Waals surface area contributed by atoms with E-state index in [0.717, 1.165) is 22.7 Å². The van der Waals surface area contributed by atoms with Crippen molar-refractivity contribution in [1.29, 1.82) is 0 Å². The van der Waals surface area contributed by atoms with E-state index in [0.29, 0.717) is 26.1 Å². The molecule has 7 nitrogen and oxygen atoms in total. The third kappa shape index (κ3) is 4.56. The maximum Gasteiger partial charge on any atom is 0.257 e. The van der Waals surface area contributed by atoms with Crippen LogP contribution in [0.4, 0.5) is 0 Å². The number of hydrogen-bond acceptors (Lipinski definition) is 4. The number of carbonyl (C=O) groups is 1. The smallest absolute Gasteiger partial charge is 0.257 e. The zero-order chi connectivity index (χ0) is 20.8. The molecule has 2 aromatic heterocycles. The molecule has 0 atom stereocenters. The normalized spacial score (nSPS) is 10.7. The number of hydrogen-bond donors (Lipinski definition) is 1. The number of para-hydroxylation sites is 1. The second kappa shape index (κ2) is 9.23. The molecule has 7 heteroatoms. The number of imidazole rings is 1. The molecule has 0 aliphatic carbocycles. The monoisotopic (exact) mass is 394 g/mol. The van der Waals surface area contributed by atoms with Gasteiger partial charge in [0.1, 0.15) is 11.3 Å². The van der Waals surface area contributed by atoms with Crippen LogP contribution in [-0.2, 0) is 19.5 Å². The first-order valence-electron chi connectivity index (χ1n) is 9.64. The highest BCUT2D eigenvalue weighted by molar-refractivity contribution is 5.95. The van der Waals surface area contributed by atoms with Crippen molar-refractivity contribution in [2.24, 2.45) is 0 Å². The van der Waals surface area contributed by atoms with Gasteiger partial charge in [0.2, 0.25) is 0 Å². The first kappa shape index (κ1) is 20.4. The summed E-state index contributed by atoms with van der Waals surface area (Å²) in [4.78, 5) is 29.5. The van der Waals surface area contributed by atoms with Gasteiger partial charge in [-0.2, -0.15) is 0 Å². The van der Waals surface area contributed by atoms with Gasteiger partial charge in [-0.05, 0) is 19.4 Å². The number of nitrogens with zero attached hydrogens (tertiary/aromatic N) is 3. The fourth-order valence-electron chi connectivity index (χ4n) is 3.47. The highest BCUT2D eigenvalue weighted by Gasteiger charge is 2.19. The van der Waals surface area contributed by atoms with E-state index < -0.39 is 0 Å². The molecule has 3 rings (SSSR count). The van der Waals surface area contributed by atoms with Crippen LogP contribution < -0.4 is 15.5 Å². The van der Waals surface area contributed by atoms with E-state index in [1.165, 1.54) is 6.07 Å². The third-order valence-corrected chi connectivity index (χ3v) is 4.92. The van der Waals surface area contributed by atoms with Crippen LogP contribution in [0.15, 0.2) is 53.8 Å². The Morgan fingerprint density at radius 3 is 2.76 bits per heavy atom. The fourth-order valence-corrected chi connectivity index (χ4v) is 3.47. The van der Waals surface area contributed by atoms with Crippen LogP contribution in [0.3, 0.4) is 0 Å². The van der Waals surface area contributed by atoms with Crippen LogP contribution in [0.1, 0.15) is 34.2 Å². The molecule has 1 N–H and O–H groups in total. The molecule has 0 radical (unpaired) electrons. The molecule has 0 saturated carbocycles. The number of rotatable bonds is 8. The van der Waals surface area contributed by atoms with E-state index in [2.05, 4.69) is 10.3 Å². The van der Waals surface area contributed by atoms with E-state index in [-0.39, 0.29) is 16.9 Å². The van der Waals surface area contributed by atoms with Crippen molar-refractivity contribution in [1.82, 2.24) is 19.4 Å². The Labute approximate surface area is 170 Å². The summed E-state index contributed by atoms with van der Waals surface area (Å²) in [6, 6.07) is 9.29. The zero-order valence-corrected chi connectivity index (χ0v) is 17.0. The minimum Gasteiger partial charge on any atom is -0.496 e. The summed E-state index contributed by atoms with van der Waals surface area (Å²) in [7, 11) is 1.64. The lowest BCUT2D eigenvalue weighted by Gasteiger charge is -2.20. The van der Waals surface area contributed by atoms with Gasteiger partial charge in [-0.1, -0.05) is 25.1 Å². The standard InChI is InChI=1S/C22H26N4O3/c1-4-18-21(22(28)24-10-12-25-11-9-23-15-25)19(27)13-16(2)26(18)14-17-7-5-6-8-20(17)29-3/h5-9,11,13,15H,4,10,12,14H2,1-3H3,(H,24,28). The van der Waals surface area contributed by atoms with E-state index >= 15 is 0 Å². The van der Waals surface area contributed by atoms with Crippen molar-refractivity contribution in [2.45, 2.75) is 33.4 Å². The van der Waals surface area contributed by atoms with E-state index in [1.807, 2.05) is 53.4 Å². The Morgan fingerprint density at radius 1 is 1.28 bits per heavy atom. The average molecular weight is 394 g/mol. The van der Waals surface area contributed by atoms with Gasteiger partial charge in [-0.3, -0.25) is 9.59 Å². The molecule has 0 aliphatic heterocycles. The molecular weight excluding hydrogens is 368 g/mol. The van der Waals surface area contributed by atoms with Crippen molar-refractivity contribution >= 4 is 5.91 Å². The van der Waals surface area contributed by atoms with Crippen molar-refractivity contribution in [3.63, 3.8) is 0 Å². The maximum absolute atomic E-state index is 12.8. The van der Waals surface area contributed by atoms with Crippen LogP contribution in [0.25, 0.3) is 0 Å². The number of aromatic nitrogens is 3. The topological polar surface area (TPSA) is 78.2 Å². The first-order valence-corrected chi connectivity index (χ1v) is 9.64. The SMILES string of the molecule is CCc1c(C(=O)NCCn2ccnc2)c(=O)cc(C)n1Cc1ccccc1OC. The minimum absolute atomic E-state index is 0.207. The van der Waals surface area contributed by atoms with Crippen molar-refractivity contribution in [3.05, 3.63) is 81.8 Å². The summed E-state index contributed by atoms with van der Waals surface area (Å²) in [5.41, 5.74) is 2.48. The fraction of sp³-hybridized carbons (Fsp3) is 0.318. The number of ether oxygens (including phenoxy) is 1. The van der Waals surface area contributed by atoms with Crippen molar-refractivity contribution < 1.29 is 9.53 Å². The van der Waals surface area contributed by atoms with Crippen LogP contribution in [0.2, 0.25) is 0 Å². The van der Waals surface area contributed by atoms with Gasteiger partial charge < -0.3 is 19.2 Å². The summed E-state index contributed by atoms with van der Waals surface area (Å²) in [5, 5.41) is 2.86. The summed E-state index contributed by atoms with van der Waals surface area (Å²) in [6.07, 6.45) is 5.77.